The Kier molecular flexibility index (Phi) is 7.22. The van der Waals surface area contributed by atoms with E-state index in [0.29, 0.717) is 26.3 Å². The summed E-state index contributed by atoms with van der Waals surface area (Å²) >= 11 is 0. The molecule has 0 aromatic heterocycles. The highest BCUT2D eigenvalue weighted by molar-refractivity contribution is 5.95. The number of piperidine rings is 1. The summed E-state index contributed by atoms with van der Waals surface area (Å²) < 4.78 is 5.38. The zero-order valence-corrected chi connectivity index (χ0v) is 19.0. The van der Waals surface area contributed by atoms with Crippen molar-refractivity contribution in [1.82, 2.24) is 9.80 Å². The van der Waals surface area contributed by atoms with E-state index in [-0.39, 0.29) is 23.8 Å². The second-order valence-corrected chi connectivity index (χ2v) is 8.93. The second kappa shape index (κ2) is 10.3. The van der Waals surface area contributed by atoms with E-state index in [1.165, 1.54) is 0 Å². The van der Waals surface area contributed by atoms with Crippen LogP contribution < -0.4 is 5.32 Å². The Morgan fingerprint density at radius 1 is 0.938 bits per heavy atom. The number of nitrogens with one attached hydrogen (secondary N) is 1. The summed E-state index contributed by atoms with van der Waals surface area (Å²) in [7, 11) is 0. The summed E-state index contributed by atoms with van der Waals surface area (Å²) in [5, 5.41) is 3.14. The average molecular weight is 436 g/mol. The van der Waals surface area contributed by atoms with Crippen LogP contribution in [0.4, 0.5) is 5.69 Å². The quantitative estimate of drug-likeness (QED) is 0.780. The van der Waals surface area contributed by atoms with Crippen LogP contribution in [0.2, 0.25) is 0 Å². The lowest BCUT2D eigenvalue weighted by molar-refractivity contribution is -0.141. The van der Waals surface area contributed by atoms with E-state index in [0.717, 1.165) is 48.3 Å². The number of likely N-dealkylation sites (tertiary alicyclic amines) is 1. The molecular weight excluding hydrogens is 402 g/mol. The maximum atomic E-state index is 13.5. The molecular formula is C26H33N3O3. The standard InChI is InChI=1S/C26H33N3O3/c1-19-16-20(2)18-23(17-19)27-25(30)24(21-6-4-3-5-7-21)28-10-8-22(9-11-28)26(31)29-12-14-32-15-13-29/h3-7,16-18,22,24H,8-15H2,1-2H3,(H,27,30). The average Bonchev–Trinajstić information content (AvgIpc) is 2.80. The van der Waals surface area contributed by atoms with E-state index < -0.39 is 0 Å². The van der Waals surface area contributed by atoms with E-state index in [4.69, 9.17) is 4.74 Å². The number of amides is 2. The monoisotopic (exact) mass is 435 g/mol. The molecule has 2 aromatic carbocycles. The van der Waals surface area contributed by atoms with Gasteiger partial charge in [-0.15, -0.1) is 0 Å². The molecule has 32 heavy (non-hydrogen) atoms. The van der Waals surface area contributed by atoms with Crippen LogP contribution in [0.1, 0.15) is 35.6 Å². The molecule has 1 atom stereocenters. The van der Waals surface area contributed by atoms with Gasteiger partial charge in [-0.05, 0) is 68.6 Å². The van der Waals surface area contributed by atoms with Gasteiger partial charge in [0.05, 0.1) is 13.2 Å². The molecule has 0 spiro atoms. The zero-order valence-electron chi connectivity index (χ0n) is 19.0. The summed E-state index contributed by atoms with van der Waals surface area (Å²) in [6.45, 7) is 8.13. The molecule has 2 amide bonds. The van der Waals surface area contributed by atoms with Gasteiger partial charge in [0.25, 0.3) is 0 Å². The third-order valence-corrected chi connectivity index (χ3v) is 6.42. The van der Waals surface area contributed by atoms with Gasteiger partial charge >= 0.3 is 0 Å². The zero-order chi connectivity index (χ0) is 22.5. The summed E-state index contributed by atoms with van der Waals surface area (Å²) in [6, 6.07) is 15.7. The van der Waals surface area contributed by atoms with Gasteiger partial charge in [-0.1, -0.05) is 36.4 Å². The van der Waals surface area contributed by atoms with E-state index >= 15 is 0 Å². The van der Waals surface area contributed by atoms with Crippen LogP contribution in [0, 0.1) is 19.8 Å². The van der Waals surface area contributed by atoms with Crippen molar-refractivity contribution in [2.24, 2.45) is 5.92 Å². The van der Waals surface area contributed by atoms with Gasteiger partial charge in [0.1, 0.15) is 6.04 Å². The normalized spacial score (nSPS) is 18.9. The molecule has 1 unspecified atom stereocenters. The first-order chi connectivity index (χ1) is 15.5. The van der Waals surface area contributed by atoms with Crippen molar-refractivity contribution in [2.45, 2.75) is 32.7 Å². The number of hydrogen-bond donors (Lipinski definition) is 1. The number of anilines is 1. The number of rotatable bonds is 5. The molecule has 1 N–H and O–H groups in total. The Bertz CT molecular complexity index is 912. The number of carbonyl (C=O) groups is 2. The van der Waals surface area contributed by atoms with Crippen molar-refractivity contribution >= 4 is 17.5 Å². The summed E-state index contributed by atoms with van der Waals surface area (Å²) in [4.78, 5) is 30.5. The number of hydrogen-bond acceptors (Lipinski definition) is 4. The highest BCUT2D eigenvalue weighted by Crippen LogP contribution is 2.29. The lowest BCUT2D eigenvalue weighted by atomic mass is 9.92. The van der Waals surface area contributed by atoms with Gasteiger partial charge in [0.2, 0.25) is 11.8 Å². The lowest BCUT2D eigenvalue weighted by Crippen LogP contribution is -2.48. The first kappa shape index (κ1) is 22.5. The van der Waals surface area contributed by atoms with Crippen molar-refractivity contribution in [3.63, 3.8) is 0 Å². The van der Waals surface area contributed by atoms with Crippen LogP contribution in [-0.2, 0) is 14.3 Å². The molecule has 2 saturated heterocycles. The maximum absolute atomic E-state index is 13.5. The minimum Gasteiger partial charge on any atom is -0.378 e. The van der Waals surface area contributed by atoms with Crippen molar-refractivity contribution in [3.8, 4) is 0 Å². The Balaban J connectivity index is 1.46. The fraction of sp³-hybridized carbons (Fsp3) is 0.462. The van der Waals surface area contributed by atoms with E-state index in [1.54, 1.807) is 0 Å². The van der Waals surface area contributed by atoms with E-state index in [9.17, 15) is 9.59 Å². The molecule has 6 heteroatoms. The number of morpholine rings is 1. The number of ether oxygens (including phenoxy) is 1. The fourth-order valence-electron chi connectivity index (χ4n) is 4.87. The number of nitrogens with zero attached hydrogens (tertiary/aromatic N) is 2. The Labute approximate surface area is 190 Å². The molecule has 4 rings (SSSR count). The molecule has 6 nitrogen and oxygen atoms in total. The number of aryl methyl sites for hydroxylation is 2. The first-order valence-electron chi connectivity index (χ1n) is 11.6. The van der Waals surface area contributed by atoms with Gasteiger partial charge in [0.15, 0.2) is 0 Å². The minimum atomic E-state index is -0.378. The van der Waals surface area contributed by atoms with Crippen LogP contribution in [-0.4, -0.2) is 61.0 Å². The second-order valence-electron chi connectivity index (χ2n) is 8.93. The predicted octanol–water partition coefficient (Wildman–Crippen LogP) is 3.55. The van der Waals surface area contributed by atoms with E-state index in [1.807, 2.05) is 61.2 Å². The smallest absolute Gasteiger partial charge is 0.246 e. The molecule has 2 fully saturated rings. The lowest BCUT2D eigenvalue weighted by Gasteiger charge is -2.38. The van der Waals surface area contributed by atoms with Crippen LogP contribution in [0.25, 0.3) is 0 Å². The topological polar surface area (TPSA) is 61.9 Å². The Morgan fingerprint density at radius 3 is 2.19 bits per heavy atom. The molecule has 2 aliphatic heterocycles. The van der Waals surface area contributed by atoms with Gasteiger partial charge in [0, 0.05) is 24.7 Å². The molecule has 0 radical (unpaired) electrons. The number of carbonyl (C=O) groups excluding carboxylic acids is 2. The first-order valence-corrected chi connectivity index (χ1v) is 11.6. The highest BCUT2D eigenvalue weighted by atomic mass is 16.5. The summed E-state index contributed by atoms with van der Waals surface area (Å²) in [5.41, 5.74) is 4.05. The van der Waals surface area contributed by atoms with Crippen molar-refractivity contribution < 1.29 is 14.3 Å². The van der Waals surface area contributed by atoms with E-state index in [2.05, 4.69) is 16.3 Å². The van der Waals surface area contributed by atoms with Crippen molar-refractivity contribution in [1.29, 1.82) is 0 Å². The van der Waals surface area contributed by atoms with Gasteiger partial charge < -0.3 is 15.0 Å². The van der Waals surface area contributed by atoms with Crippen LogP contribution >= 0.6 is 0 Å². The van der Waals surface area contributed by atoms with Crippen LogP contribution in [0.5, 0.6) is 0 Å². The molecule has 0 bridgehead atoms. The minimum absolute atomic E-state index is 0.0286. The molecule has 2 aromatic rings. The number of benzene rings is 2. The molecule has 170 valence electrons. The van der Waals surface area contributed by atoms with Crippen LogP contribution in [0.15, 0.2) is 48.5 Å². The summed E-state index contributed by atoms with van der Waals surface area (Å²) in [6.07, 6.45) is 1.55. The summed E-state index contributed by atoms with van der Waals surface area (Å²) in [5.74, 6) is 0.242. The highest BCUT2D eigenvalue weighted by Gasteiger charge is 2.34. The molecule has 0 saturated carbocycles. The SMILES string of the molecule is Cc1cc(C)cc(NC(=O)C(c2ccccc2)N2CCC(C(=O)N3CCOCC3)CC2)c1. The van der Waals surface area contributed by atoms with Crippen LogP contribution in [0.3, 0.4) is 0 Å². The third kappa shape index (κ3) is 5.37. The van der Waals surface area contributed by atoms with Gasteiger partial charge in [-0.25, -0.2) is 0 Å². The largest absolute Gasteiger partial charge is 0.378 e. The molecule has 0 aliphatic carbocycles. The van der Waals surface area contributed by atoms with Gasteiger partial charge in [-0.3, -0.25) is 14.5 Å². The van der Waals surface area contributed by atoms with Crippen molar-refractivity contribution in [2.75, 3.05) is 44.7 Å². The Morgan fingerprint density at radius 2 is 1.56 bits per heavy atom. The predicted molar refractivity (Wildman–Crippen MR) is 125 cm³/mol. The maximum Gasteiger partial charge on any atom is 0.246 e. The van der Waals surface area contributed by atoms with Gasteiger partial charge in [-0.2, -0.15) is 0 Å². The fourth-order valence-corrected chi connectivity index (χ4v) is 4.87. The molecule has 2 heterocycles. The molecule has 2 aliphatic rings. The third-order valence-electron chi connectivity index (χ3n) is 6.42. The Hall–Kier alpha value is -2.70. The van der Waals surface area contributed by atoms with Crippen molar-refractivity contribution in [3.05, 3.63) is 65.2 Å².